The number of hydrogen-bond donors (Lipinski definition) is 1. The molecule has 1 N–H and O–H groups in total. The van der Waals surface area contributed by atoms with Gasteiger partial charge in [0.2, 0.25) is 17.7 Å². The fourth-order valence-corrected chi connectivity index (χ4v) is 4.95. The van der Waals surface area contributed by atoms with E-state index in [4.69, 9.17) is 0 Å². The molecule has 0 spiro atoms. The summed E-state index contributed by atoms with van der Waals surface area (Å²) in [5, 5.41) is 3.79. The Labute approximate surface area is 162 Å². The Morgan fingerprint density at radius 2 is 1.79 bits per heavy atom. The molecule has 2 fully saturated rings. The van der Waals surface area contributed by atoms with Gasteiger partial charge in [0.1, 0.15) is 0 Å². The van der Waals surface area contributed by atoms with Gasteiger partial charge in [0.05, 0.1) is 17.4 Å². The maximum Gasteiger partial charge on any atom is 0.233 e. The minimum atomic E-state index is -0.215. The second kappa shape index (κ2) is 6.55. The molecule has 2 heterocycles. The Balaban J connectivity index is 1.24. The van der Waals surface area contributed by atoms with Crippen molar-refractivity contribution in [2.75, 3.05) is 11.9 Å². The topological polar surface area (TPSA) is 79.4 Å². The number of carbonyl (C=O) groups excluding carboxylic acids is 3. The highest BCUT2D eigenvalue weighted by Gasteiger charge is 2.56. The fraction of sp³-hybridized carbons (Fsp3) is 0.364. The van der Waals surface area contributed by atoms with Crippen LogP contribution in [-0.2, 0) is 14.4 Å². The van der Waals surface area contributed by atoms with Crippen LogP contribution in [-0.4, -0.2) is 34.2 Å². The number of amides is 3. The van der Waals surface area contributed by atoms with Crippen LogP contribution in [0, 0.1) is 23.7 Å². The standard InChI is InChI=1S/C22H21N3O3/c26-18(24-16-7-8-17-15(12-16)2-1-10-23-17)9-11-25-21(27)19-13-3-4-14(6-5-13)20(19)22(25)28/h1-4,7-8,10,12-14,19-20H,5-6,9,11H2,(H,24,26)/t13-,14-,19-,20-/m0/s1. The van der Waals surface area contributed by atoms with Gasteiger partial charge >= 0.3 is 0 Å². The largest absolute Gasteiger partial charge is 0.326 e. The van der Waals surface area contributed by atoms with Gasteiger partial charge in [-0.25, -0.2) is 0 Å². The maximum atomic E-state index is 12.8. The van der Waals surface area contributed by atoms with Gasteiger partial charge in [-0.3, -0.25) is 24.3 Å². The van der Waals surface area contributed by atoms with Crippen LogP contribution in [0.1, 0.15) is 19.3 Å². The lowest BCUT2D eigenvalue weighted by atomic mass is 9.63. The second-order valence-electron chi connectivity index (χ2n) is 7.88. The summed E-state index contributed by atoms with van der Waals surface area (Å²) in [7, 11) is 0. The number of pyridine rings is 1. The Morgan fingerprint density at radius 3 is 2.46 bits per heavy atom. The highest BCUT2D eigenvalue weighted by atomic mass is 16.2. The van der Waals surface area contributed by atoms with Gasteiger partial charge in [0.15, 0.2) is 0 Å². The highest BCUT2D eigenvalue weighted by Crippen LogP contribution is 2.49. The first-order valence-electron chi connectivity index (χ1n) is 9.80. The quantitative estimate of drug-likeness (QED) is 0.658. The molecule has 3 aliphatic carbocycles. The SMILES string of the molecule is O=C(CCN1C(=O)[C@@H]2[C@@H](C1=O)[C@H]1C=C[C@H]2CC1)Nc1ccc2ncccc2c1. The van der Waals surface area contributed by atoms with Crippen LogP contribution in [0.25, 0.3) is 10.9 Å². The van der Waals surface area contributed by atoms with Gasteiger partial charge in [-0.05, 0) is 48.9 Å². The van der Waals surface area contributed by atoms with E-state index in [2.05, 4.69) is 22.5 Å². The van der Waals surface area contributed by atoms with Gasteiger partial charge in [-0.2, -0.15) is 0 Å². The first kappa shape index (κ1) is 17.1. The third kappa shape index (κ3) is 2.71. The molecule has 142 valence electrons. The number of imide groups is 1. The van der Waals surface area contributed by atoms with Crippen molar-refractivity contribution in [3.63, 3.8) is 0 Å². The molecule has 2 bridgehead atoms. The molecule has 2 aromatic rings. The van der Waals surface area contributed by atoms with E-state index in [0.29, 0.717) is 5.69 Å². The Hall–Kier alpha value is -3.02. The van der Waals surface area contributed by atoms with Crippen LogP contribution < -0.4 is 5.32 Å². The average Bonchev–Trinajstić information content (AvgIpc) is 2.99. The predicted octanol–water partition coefficient (Wildman–Crippen LogP) is 2.76. The smallest absolute Gasteiger partial charge is 0.233 e. The first-order valence-corrected chi connectivity index (χ1v) is 9.80. The van der Waals surface area contributed by atoms with Crippen molar-refractivity contribution in [1.82, 2.24) is 9.88 Å². The summed E-state index contributed by atoms with van der Waals surface area (Å²) in [4.78, 5) is 43.5. The molecule has 0 radical (unpaired) electrons. The Kier molecular flexibility index (Phi) is 4.00. The van der Waals surface area contributed by atoms with Gasteiger partial charge in [0.25, 0.3) is 0 Å². The number of fused-ring (bicyclic) bond motifs is 2. The van der Waals surface area contributed by atoms with Crippen LogP contribution >= 0.6 is 0 Å². The number of likely N-dealkylation sites (tertiary alicyclic amines) is 1. The fourth-order valence-electron chi connectivity index (χ4n) is 4.95. The van der Waals surface area contributed by atoms with Crippen LogP contribution in [0.2, 0.25) is 0 Å². The first-order chi connectivity index (χ1) is 13.6. The molecule has 1 saturated carbocycles. The number of benzene rings is 1. The monoisotopic (exact) mass is 375 g/mol. The van der Waals surface area contributed by atoms with E-state index in [1.165, 1.54) is 4.90 Å². The van der Waals surface area contributed by atoms with Crippen LogP contribution in [0.4, 0.5) is 5.69 Å². The highest BCUT2D eigenvalue weighted by molar-refractivity contribution is 6.06. The molecule has 4 atom stereocenters. The van der Waals surface area contributed by atoms with E-state index < -0.39 is 0 Å². The lowest BCUT2D eigenvalue weighted by molar-refractivity contribution is -0.140. The van der Waals surface area contributed by atoms with Gasteiger partial charge in [0, 0.05) is 30.2 Å². The molecule has 1 saturated heterocycles. The van der Waals surface area contributed by atoms with Crippen LogP contribution in [0.5, 0.6) is 0 Å². The van der Waals surface area contributed by atoms with Crippen molar-refractivity contribution in [1.29, 1.82) is 0 Å². The van der Waals surface area contributed by atoms with Crippen molar-refractivity contribution < 1.29 is 14.4 Å². The summed E-state index contributed by atoms with van der Waals surface area (Å²) in [6.07, 6.45) is 7.99. The normalized spacial score (nSPS) is 28.1. The van der Waals surface area contributed by atoms with E-state index >= 15 is 0 Å². The molecule has 1 aliphatic heterocycles. The van der Waals surface area contributed by atoms with Crippen molar-refractivity contribution in [2.24, 2.45) is 23.7 Å². The number of aromatic nitrogens is 1. The predicted molar refractivity (Wildman–Crippen MR) is 104 cm³/mol. The summed E-state index contributed by atoms with van der Waals surface area (Å²) in [5.41, 5.74) is 1.54. The summed E-state index contributed by atoms with van der Waals surface area (Å²) >= 11 is 0. The van der Waals surface area contributed by atoms with Crippen molar-refractivity contribution >= 4 is 34.3 Å². The molecule has 1 aromatic carbocycles. The molecule has 28 heavy (non-hydrogen) atoms. The van der Waals surface area contributed by atoms with Crippen molar-refractivity contribution in [3.8, 4) is 0 Å². The number of anilines is 1. The molecule has 6 nitrogen and oxygen atoms in total. The third-order valence-corrected chi connectivity index (χ3v) is 6.30. The number of rotatable bonds is 4. The molecule has 6 heteroatoms. The van der Waals surface area contributed by atoms with E-state index in [9.17, 15) is 14.4 Å². The van der Waals surface area contributed by atoms with Gasteiger partial charge in [-0.1, -0.05) is 18.2 Å². The van der Waals surface area contributed by atoms with Crippen LogP contribution in [0.3, 0.4) is 0 Å². The zero-order valence-corrected chi connectivity index (χ0v) is 15.4. The molecule has 3 amide bonds. The summed E-state index contributed by atoms with van der Waals surface area (Å²) in [5.74, 6) is -0.482. The second-order valence-corrected chi connectivity index (χ2v) is 7.88. The molecular formula is C22H21N3O3. The minimum absolute atomic E-state index is 0.0985. The van der Waals surface area contributed by atoms with E-state index in [-0.39, 0.29) is 54.4 Å². The number of hydrogen-bond acceptors (Lipinski definition) is 4. The van der Waals surface area contributed by atoms with Gasteiger partial charge < -0.3 is 5.32 Å². The third-order valence-electron chi connectivity index (χ3n) is 6.30. The Bertz CT molecular complexity index is 983. The number of nitrogens with zero attached hydrogens (tertiary/aromatic N) is 2. The summed E-state index contributed by atoms with van der Waals surface area (Å²) < 4.78 is 0. The molecule has 0 unspecified atom stereocenters. The number of carbonyl (C=O) groups is 3. The van der Waals surface area contributed by atoms with E-state index in [1.54, 1.807) is 12.3 Å². The van der Waals surface area contributed by atoms with Crippen molar-refractivity contribution in [2.45, 2.75) is 19.3 Å². The van der Waals surface area contributed by atoms with E-state index in [1.807, 2.05) is 24.3 Å². The Morgan fingerprint density at radius 1 is 1.07 bits per heavy atom. The van der Waals surface area contributed by atoms with Crippen LogP contribution in [0.15, 0.2) is 48.7 Å². The van der Waals surface area contributed by atoms with Crippen molar-refractivity contribution in [3.05, 3.63) is 48.7 Å². The summed E-state index contributed by atoms with van der Waals surface area (Å²) in [6, 6.07) is 9.30. The van der Waals surface area contributed by atoms with E-state index in [0.717, 1.165) is 23.7 Å². The summed E-state index contributed by atoms with van der Waals surface area (Å²) in [6.45, 7) is 0.144. The van der Waals surface area contributed by atoms with Gasteiger partial charge in [-0.15, -0.1) is 0 Å². The molecular weight excluding hydrogens is 354 g/mol. The zero-order chi connectivity index (χ0) is 19.3. The lowest BCUT2D eigenvalue weighted by Gasteiger charge is -2.38. The molecule has 6 rings (SSSR count). The lowest BCUT2D eigenvalue weighted by Crippen LogP contribution is -2.38. The zero-order valence-electron chi connectivity index (χ0n) is 15.4. The number of nitrogens with one attached hydrogen (secondary N) is 1. The number of allylic oxidation sites excluding steroid dienone is 2. The average molecular weight is 375 g/mol. The minimum Gasteiger partial charge on any atom is -0.326 e. The molecule has 1 aromatic heterocycles. The molecule has 4 aliphatic rings. The maximum absolute atomic E-state index is 12.8.